The fourth-order valence-corrected chi connectivity index (χ4v) is 2.71. The van der Waals surface area contributed by atoms with Gasteiger partial charge in [-0.2, -0.15) is 5.10 Å². The average molecular weight is 295 g/mol. The molecule has 0 aliphatic carbocycles. The zero-order chi connectivity index (χ0) is 14.6. The maximum Gasteiger partial charge on any atom is 0.242 e. The molecule has 0 unspecified atom stereocenters. The van der Waals surface area contributed by atoms with E-state index in [1.54, 1.807) is 24.0 Å². The van der Waals surface area contributed by atoms with Crippen LogP contribution in [0.5, 0.6) is 0 Å². The molecule has 2 aromatic heterocycles. The van der Waals surface area contributed by atoms with Crippen molar-refractivity contribution in [3.05, 3.63) is 36.3 Å². The number of aryl methyl sites for hydroxylation is 1. The van der Waals surface area contributed by atoms with Crippen LogP contribution in [0.25, 0.3) is 0 Å². The maximum absolute atomic E-state index is 12.1. The molecule has 0 fully saturated rings. The number of pyridine rings is 1. The summed E-state index contributed by atoms with van der Waals surface area (Å²) in [6.07, 6.45) is 3.60. The topological polar surface area (TPSA) is 88.9 Å². The molecule has 2 N–H and O–H groups in total. The summed E-state index contributed by atoms with van der Waals surface area (Å²) in [6.45, 7) is 0.315. The zero-order valence-corrected chi connectivity index (χ0v) is 12.2. The van der Waals surface area contributed by atoms with Crippen molar-refractivity contribution in [3.8, 4) is 0 Å². The molecule has 0 amide bonds. The number of hydrogen-bond acceptors (Lipinski definition) is 5. The molecule has 20 heavy (non-hydrogen) atoms. The van der Waals surface area contributed by atoms with E-state index in [2.05, 4.69) is 20.1 Å². The number of nitrogens with one attached hydrogen (secondary N) is 2. The van der Waals surface area contributed by atoms with Gasteiger partial charge in [0.05, 0.1) is 0 Å². The molecular formula is C12H17N5O2S. The highest BCUT2D eigenvalue weighted by Gasteiger charge is 2.14. The SMILES string of the molecule is CNc1ccc(S(=O)(=O)NCCc2ccnn2C)cn1. The first-order valence-corrected chi connectivity index (χ1v) is 7.61. The van der Waals surface area contributed by atoms with E-state index in [0.717, 1.165) is 5.69 Å². The smallest absolute Gasteiger partial charge is 0.242 e. The Hall–Kier alpha value is -1.93. The number of nitrogens with zero attached hydrogens (tertiary/aromatic N) is 3. The highest BCUT2D eigenvalue weighted by molar-refractivity contribution is 7.89. The second-order valence-electron chi connectivity index (χ2n) is 4.22. The van der Waals surface area contributed by atoms with E-state index in [1.165, 1.54) is 12.3 Å². The molecule has 2 rings (SSSR count). The number of aromatic nitrogens is 3. The van der Waals surface area contributed by atoms with Gasteiger partial charge in [-0.3, -0.25) is 4.68 Å². The van der Waals surface area contributed by atoms with E-state index in [4.69, 9.17) is 0 Å². The van der Waals surface area contributed by atoms with Crippen LogP contribution in [0.4, 0.5) is 5.82 Å². The standard InChI is InChI=1S/C12H17N5O2S/c1-13-12-4-3-11(9-14-12)20(18,19)16-8-6-10-5-7-15-17(10)2/h3-5,7,9,16H,6,8H2,1-2H3,(H,13,14). The second-order valence-corrected chi connectivity index (χ2v) is 5.99. The summed E-state index contributed by atoms with van der Waals surface area (Å²) in [5.74, 6) is 0.624. The monoisotopic (exact) mass is 295 g/mol. The van der Waals surface area contributed by atoms with E-state index in [-0.39, 0.29) is 4.90 Å². The van der Waals surface area contributed by atoms with Gasteiger partial charge >= 0.3 is 0 Å². The molecule has 0 radical (unpaired) electrons. The minimum absolute atomic E-state index is 0.154. The van der Waals surface area contributed by atoms with Crippen LogP contribution >= 0.6 is 0 Å². The molecule has 7 nitrogen and oxygen atoms in total. The van der Waals surface area contributed by atoms with Crippen LogP contribution in [0.1, 0.15) is 5.69 Å². The maximum atomic E-state index is 12.1. The molecule has 0 aliphatic heterocycles. The van der Waals surface area contributed by atoms with Crippen LogP contribution in [0, 0.1) is 0 Å². The minimum atomic E-state index is -3.52. The van der Waals surface area contributed by atoms with Gasteiger partial charge in [0.15, 0.2) is 0 Å². The van der Waals surface area contributed by atoms with Crippen LogP contribution in [-0.4, -0.2) is 36.8 Å². The summed E-state index contributed by atoms with van der Waals surface area (Å²) >= 11 is 0. The molecule has 8 heteroatoms. The third-order valence-electron chi connectivity index (χ3n) is 2.90. The van der Waals surface area contributed by atoms with Crippen molar-refractivity contribution < 1.29 is 8.42 Å². The fraction of sp³-hybridized carbons (Fsp3) is 0.333. The highest BCUT2D eigenvalue weighted by atomic mass is 32.2. The van der Waals surface area contributed by atoms with Crippen molar-refractivity contribution in [1.82, 2.24) is 19.5 Å². The van der Waals surface area contributed by atoms with Crippen LogP contribution in [0.15, 0.2) is 35.5 Å². The molecule has 108 valence electrons. The Bertz CT molecular complexity index is 663. The van der Waals surface area contributed by atoms with Gasteiger partial charge in [0, 0.05) is 45.1 Å². The Morgan fingerprint density at radius 2 is 2.10 bits per heavy atom. The summed E-state index contributed by atoms with van der Waals surface area (Å²) in [4.78, 5) is 4.15. The predicted octanol–water partition coefficient (Wildman–Crippen LogP) is 0.378. The molecule has 2 aromatic rings. The van der Waals surface area contributed by atoms with Gasteiger partial charge in [0.1, 0.15) is 10.7 Å². The molecule has 2 heterocycles. The summed E-state index contributed by atoms with van der Waals surface area (Å²) in [6, 6.07) is 5.00. The summed E-state index contributed by atoms with van der Waals surface area (Å²) < 4.78 is 28.4. The third-order valence-corrected chi connectivity index (χ3v) is 4.34. The Labute approximate surface area is 118 Å². The van der Waals surface area contributed by atoms with Crippen molar-refractivity contribution in [1.29, 1.82) is 0 Å². The molecule has 0 bridgehead atoms. The molecule has 0 spiro atoms. The second kappa shape index (κ2) is 6.02. The lowest BCUT2D eigenvalue weighted by Gasteiger charge is -2.07. The molecular weight excluding hydrogens is 278 g/mol. The lowest BCUT2D eigenvalue weighted by Crippen LogP contribution is -2.26. The molecule has 0 aliphatic rings. The van der Waals surface area contributed by atoms with Crippen molar-refractivity contribution >= 4 is 15.8 Å². The lowest BCUT2D eigenvalue weighted by molar-refractivity contribution is 0.579. The van der Waals surface area contributed by atoms with Crippen molar-refractivity contribution in [2.75, 3.05) is 18.9 Å². The first-order chi connectivity index (χ1) is 9.53. The van der Waals surface area contributed by atoms with Gasteiger partial charge in [-0.05, 0) is 18.2 Å². The van der Waals surface area contributed by atoms with Crippen molar-refractivity contribution in [3.63, 3.8) is 0 Å². The van der Waals surface area contributed by atoms with E-state index in [9.17, 15) is 8.42 Å². The molecule has 0 saturated heterocycles. The summed E-state index contributed by atoms with van der Waals surface area (Å²) in [5.41, 5.74) is 0.969. The van der Waals surface area contributed by atoms with Crippen molar-refractivity contribution in [2.45, 2.75) is 11.3 Å². The predicted molar refractivity (Wildman–Crippen MR) is 75.9 cm³/mol. The van der Waals surface area contributed by atoms with Gasteiger partial charge in [-0.15, -0.1) is 0 Å². The van der Waals surface area contributed by atoms with Crippen LogP contribution in [0.3, 0.4) is 0 Å². The normalized spacial score (nSPS) is 11.5. The third kappa shape index (κ3) is 3.34. The number of hydrogen-bond donors (Lipinski definition) is 2. The average Bonchev–Trinajstić information content (AvgIpc) is 2.84. The lowest BCUT2D eigenvalue weighted by atomic mass is 10.3. The fourth-order valence-electron chi connectivity index (χ4n) is 1.73. The Morgan fingerprint density at radius 3 is 2.65 bits per heavy atom. The van der Waals surface area contributed by atoms with Gasteiger partial charge in [0.2, 0.25) is 10.0 Å². The van der Waals surface area contributed by atoms with Crippen LogP contribution in [-0.2, 0) is 23.5 Å². The van der Waals surface area contributed by atoms with E-state index in [0.29, 0.717) is 18.8 Å². The van der Waals surface area contributed by atoms with Gasteiger partial charge in [-0.25, -0.2) is 18.1 Å². The summed E-state index contributed by atoms with van der Waals surface area (Å²) in [7, 11) is 0.0272. The van der Waals surface area contributed by atoms with Gasteiger partial charge in [-0.1, -0.05) is 0 Å². The van der Waals surface area contributed by atoms with E-state index in [1.807, 2.05) is 13.1 Å². The minimum Gasteiger partial charge on any atom is -0.373 e. The Morgan fingerprint density at radius 1 is 1.30 bits per heavy atom. The van der Waals surface area contributed by atoms with Gasteiger partial charge < -0.3 is 5.32 Å². The van der Waals surface area contributed by atoms with Crippen molar-refractivity contribution in [2.24, 2.45) is 7.05 Å². The molecule has 0 aromatic carbocycles. The number of sulfonamides is 1. The molecule has 0 atom stereocenters. The first-order valence-electron chi connectivity index (χ1n) is 6.13. The Kier molecular flexibility index (Phi) is 4.35. The van der Waals surface area contributed by atoms with E-state index >= 15 is 0 Å². The van der Waals surface area contributed by atoms with Crippen LogP contribution < -0.4 is 10.0 Å². The molecule has 0 saturated carbocycles. The first kappa shape index (κ1) is 14.5. The quantitative estimate of drug-likeness (QED) is 0.804. The zero-order valence-electron chi connectivity index (χ0n) is 11.4. The van der Waals surface area contributed by atoms with Crippen LogP contribution in [0.2, 0.25) is 0 Å². The largest absolute Gasteiger partial charge is 0.373 e. The van der Waals surface area contributed by atoms with E-state index < -0.39 is 10.0 Å². The van der Waals surface area contributed by atoms with Gasteiger partial charge in [0.25, 0.3) is 0 Å². The number of rotatable bonds is 6. The number of anilines is 1. The highest BCUT2D eigenvalue weighted by Crippen LogP contribution is 2.10. The Balaban J connectivity index is 1.98. The summed E-state index contributed by atoms with van der Waals surface area (Å²) in [5, 5.41) is 6.87.